The van der Waals surface area contributed by atoms with E-state index in [1.165, 1.54) is 32.1 Å². The number of amides is 1. The number of nitrogens with zero attached hydrogens (tertiary/aromatic N) is 1. The lowest BCUT2D eigenvalue weighted by molar-refractivity contribution is -0.125. The van der Waals surface area contributed by atoms with Crippen LogP contribution in [0, 0.1) is 0 Å². The second-order valence-corrected chi connectivity index (χ2v) is 5.65. The minimum atomic E-state index is 0.114. The van der Waals surface area contributed by atoms with Gasteiger partial charge < -0.3 is 5.32 Å². The van der Waals surface area contributed by atoms with Crippen molar-refractivity contribution in [1.29, 1.82) is 0 Å². The Hall–Kier alpha value is -0.570. The molecule has 3 heteroatoms. The average Bonchev–Trinajstić information content (AvgIpc) is 2.44. The molecule has 2 fully saturated rings. The molecule has 0 bridgehead atoms. The lowest BCUT2D eigenvalue weighted by Crippen LogP contribution is -2.53. The first kappa shape index (κ1) is 11.9. The normalized spacial score (nSPS) is 25.6. The van der Waals surface area contributed by atoms with Crippen molar-refractivity contribution >= 4 is 5.91 Å². The molecule has 2 aliphatic rings. The number of carbonyl (C=O) groups excluding carboxylic acids is 1. The highest BCUT2D eigenvalue weighted by molar-refractivity contribution is 5.79. The maximum absolute atomic E-state index is 11.9. The topological polar surface area (TPSA) is 32.3 Å². The summed E-state index contributed by atoms with van der Waals surface area (Å²) < 4.78 is 0. The van der Waals surface area contributed by atoms with Crippen LogP contribution < -0.4 is 5.32 Å². The van der Waals surface area contributed by atoms with Crippen LogP contribution in [0.25, 0.3) is 0 Å². The maximum Gasteiger partial charge on any atom is 0.234 e. The lowest BCUT2D eigenvalue weighted by Gasteiger charge is -2.39. The van der Waals surface area contributed by atoms with Crippen LogP contribution in [0.2, 0.25) is 0 Å². The number of carbonyl (C=O) groups is 1. The van der Waals surface area contributed by atoms with Gasteiger partial charge in [-0.15, -0.1) is 0 Å². The van der Waals surface area contributed by atoms with Gasteiger partial charge in [0.15, 0.2) is 0 Å². The van der Waals surface area contributed by atoms with Crippen molar-refractivity contribution in [2.24, 2.45) is 0 Å². The number of hydrogen-bond acceptors (Lipinski definition) is 2. The fraction of sp³-hybridized carbons (Fsp3) is 0.923. The van der Waals surface area contributed by atoms with Crippen LogP contribution >= 0.6 is 0 Å². The highest BCUT2D eigenvalue weighted by Crippen LogP contribution is 2.30. The third-order valence-electron chi connectivity index (χ3n) is 3.96. The third kappa shape index (κ3) is 3.21. The molecule has 1 aliphatic carbocycles. The highest BCUT2D eigenvalue weighted by Gasteiger charge is 2.33. The van der Waals surface area contributed by atoms with Gasteiger partial charge in [0.05, 0.1) is 6.54 Å². The molecule has 1 saturated carbocycles. The molecule has 16 heavy (non-hydrogen) atoms. The molecule has 2 rings (SSSR count). The molecule has 1 N–H and O–H groups in total. The van der Waals surface area contributed by atoms with E-state index in [0.717, 1.165) is 25.9 Å². The molecule has 0 aromatic carbocycles. The molecule has 0 atom stereocenters. The summed E-state index contributed by atoms with van der Waals surface area (Å²) in [6, 6.07) is 0. The van der Waals surface area contributed by atoms with Crippen LogP contribution in [0.1, 0.15) is 51.9 Å². The number of hydrogen-bond donors (Lipinski definition) is 1. The molecule has 0 spiro atoms. The van der Waals surface area contributed by atoms with Gasteiger partial charge in [0.2, 0.25) is 5.91 Å². The van der Waals surface area contributed by atoms with Crippen molar-refractivity contribution in [3.8, 4) is 0 Å². The first-order chi connectivity index (χ1) is 7.68. The fourth-order valence-electron chi connectivity index (χ4n) is 2.71. The van der Waals surface area contributed by atoms with Crippen molar-refractivity contribution in [3.05, 3.63) is 0 Å². The summed E-state index contributed by atoms with van der Waals surface area (Å²) in [5.41, 5.74) is 0.114. The van der Waals surface area contributed by atoms with E-state index in [9.17, 15) is 4.79 Å². The molecule has 1 saturated heterocycles. The standard InChI is InChI=1S/C13H24N2O/c1-13(7-6-8-13)14-12(16)11-15-9-4-2-3-5-10-15/h2-11H2,1H3,(H,14,16). The first-order valence-electron chi connectivity index (χ1n) is 6.71. The van der Waals surface area contributed by atoms with E-state index in [1.54, 1.807) is 0 Å². The Labute approximate surface area is 98.6 Å². The zero-order valence-corrected chi connectivity index (χ0v) is 10.4. The minimum Gasteiger partial charge on any atom is -0.350 e. The molecule has 1 amide bonds. The van der Waals surface area contributed by atoms with Crippen LogP contribution in [0.4, 0.5) is 0 Å². The predicted octanol–water partition coefficient (Wildman–Crippen LogP) is 1.92. The molecule has 0 radical (unpaired) electrons. The minimum absolute atomic E-state index is 0.114. The van der Waals surface area contributed by atoms with E-state index >= 15 is 0 Å². The van der Waals surface area contributed by atoms with E-state index in [1.807, 2.05) is 0 Å². The van der Waals surface area contributed by atoms with Crippen LogP contribution in [0.15, 0.2) is 0 Å². The van der Waals surface area contributed by atoms with Gasteiger partial charge in [0.1, 0.15) is 0 Å². The van der Waals surface area contributed by atoms with Gasteiger partial charge in [0, 0.05) is 5.54 Å². The second-order valence-electron chi connectivity index (χ2n) is 5.65. The van der Waals surface area contributed by atoms with Gasteiger partial charge in [0.25, 0.3) is 0 Å². The summed E-state index contributed by atoms with van der Waals surface area (Å²) in [6.07, 6.45) is 8.73. The lowest BCUT2D eigenvalue weighted by atomic mass is 9.78. The molecule has 3 nitrogen and oxygen atoms in total. The summed E-state index contributed by atoms with van der Waals surface area (Å²) in [6.45, 7) is 4.97. The number of likely N-dealkylation sites (tertiary alicyclic amines) is 1. The molecule has 1 aliphatic heterocycles. The summed E-state index contributed by atoms with van der Waals surface area (Å²) in [7, 11) is 0. The van der Waals surface area contributed by atoms with Crippen LogP contribution in [0.3, 0.4) is 0 Å². The van der Waals surface area contributed by atoms with Gasteiger partial charge in [-0.1, -0.05) is 12.8 Å². The first-order valence-corrected chi connectivity index (χ1v) is 6.71. The van der Waals surface area contributed by atoms with E-state index in [2.05, 4.69) is 17.1 Å². The molecular formula is C13H24N2O. The highest BCUT2D eigenvalue weighted by atomic mass is 16.2. The van der Waals surface area contributed by atoms with Gasteiger partial charge >= 0.3 is 0 Å². The van der Waals surface area contributed by atoms with Gasteiger partial charge in [-0.3, -0.25) is 9.69 Å². The zero-order chi connectivity index (χ0) is 11.4. The Balaban J connectivity index is 1.73. The van der Waals surface area contributed by atoms with Crippen molar-refractivity contribution in [3.63, 3.8) is 0 Å². The van der Waals surface area contributed by atoms with E-state index in [4.69, 9.17) is 0 Å². The second kappa shape index (κ2) is 5.17. The SMILES string of the molecule is CC1(NC(=O)CN2CCCCCC2)CCC1. The zero-order valence-electron chi connectivity index (χ0n) is 10.4. The largest absolute Gasteiger partial charge is 0.350 e. The number of nitrogens with one attached hydrogen (secondary N) is 1. The predicted molar refractivity (Wildman–Crippen MR) is 65.3 cm³/mol. The quantitative estimate of drug-likeness (QED) is 0.794. The average molecular weight is 224 g/mol. The summed E-state index contributed by atoms with van der Waals surface area (Å²) in [5.74, 6) is 0.226. The fourth-order valence-corrected chi connectivity index (χ4v) is 2.71. The van der Waals surface area contributed by atoms with Crippen LogP contribution in [-0.2, 0) is 4.79 Å². The molecular weight excluding hydrogens is 200 g/mol. The summed E-state index contributed by atoms with van der Waals surface area (Å²) in [4.78, 5) is 14.2. The molecule has 0 unspecified atom stereocenters. The summed E-state index contributed by atoms with van der Waals surface area (Å²) >= 11 is 0. The maximum atomic E-state index is 11.9. The van der Waals surface area contributed by atoms with Gasteiger partial charge in [-0.05, 0) is 52.1 Å². The van der Waals surface area contributed by atoms with Crippen LogP contribution in [-0.4, -0.2) is 36.0 Å². The molecule has 92 valence electrons. The third-order valence-corrected chi connectivity index (χ3v) is 3.96. The molecule has 0 aromatic heterocycles. The Morgan fingerprint density at radius 1 is 1.12 bits per heavy atom. The Morgan fingerprint density at radius 2 is 1.75 bits per heavy atom. The van der Waals surface area contributed by atoms with Crippen molar-refractivity contribution in [2.75, 3.05) is 19.6 Å². The summed E-state index contributed by atoms with van der Waals surface area (Å²) in [5, 5.41) is 3.18. The monoisotopic (exact) mass is 224 g/mol. The van der Waals surface area contributed by atoms with E-state index < -0.39 is 0 Å². The molecule has 0 aromatic rings. The van der Waals surface area contributed by atoms with E-state index in [-0.39, 0.29) is 11.4 Å². The van der Waals surface area contributed by atoms with E-state index in [0.29, 0.717) is 6.54 Å². The van der Waals surface area contributed by atoms with Crippen molar-refractivity contribution in [2.45, 2.75) is 57.4 Å². The Kier molecular flexibility index (Phi) is 3.85. The smallest absolute Gasteiger partial charge is 0.234 e. The van der Waals surface area contributed by atoms with Gasteiger partial charge in [-0.25, -0.2) is 0 Å². The van der Waals surface area contributed by atoms with Gasteiger partial charge in [-0.2, -0.15) is 0 Å². The van der Waals surface area contributed by atoms with Crippen molar-refractivity contribution in [1.82, 2.24) is 10.2 Å². The molecule has 1 heterocycles. The van der Waals surface area contributed by atoms with Crippen molar-refractivity contribution < 1.29 is 4.79 Å². The van der Waals surface area contributed by atoms with Crippen LogP contribution in [0.5, 0.6) is 0 Å². The Morgan fingerprint density at radius 3 is 2.25 bits per heavy atom. The Bertz CT molecular complexity index is 240. The number of rotatable bonds is 3.